The zero-order valence-electron chi connectivity index (χ0n) is 13.8. The molecule has 5 heteroatoms. The molecule has 2 aliphatic rings. The van der Waals surface area contributed by atoms with Crippen LogP contribution >= 0.6 is 0 Å². The monoisotopic (exact) mass is 316 g/mol. The Hall–Kier alpha value is -1.88. The van der Waals surface area contributed by atoms with Gasteiger partial charge in [0.2, 0.25) is 0 Å². The quantitative estimate of drug-likeness (QED) is 0.841. The van der Waals surface area contributed by atoms with Gasteiger partial charge >= 0.3 is 11.8 Å². The first-order valence-electron chi connectivity index (χ1n) is 8.32. The second-order valence-corrected chi connectivity index (χ2v) is 6.73. The number of likely N-dealkylation sites (N-methyl/N-ethyl adjacent to an activating group) is 1. The molecule has 0 aromatic heterocycles. The van der Waals surface area contributed by atoms with Gasteiger partial charge in [0.05, 0.1) is 11.8 Å². The number of carbonyl (C=O) groups excluding carboxylic acids is 2. The number of carbonyl (C=O) groups is 2. The van der Waals surface area contributed by atoms with Gasteiger partial charge in [0, 0.05) is 26.1 Å². The van der Waals surface area contributed by atoms with Gasteiger partial charge in [-0.3, -0.25) is 9.59 Å². The van der Waals surface area contributed by atoms with Crippen LogP contribution in [0.1, 0.15) is 30.4 Å². The fourth-order valence-corrected chi connectivity index (χ4v) is 3.80. The van der Waals surface area contributed by atoms with E-state index >= 15 is 0 Å². The molecule has 1 saturated carbocycles. The second-order valence-electron chi connectivity index (χ2n) is 6.73. The Balaban J connectivity index is 1.70. The van der Waals surface area contributed by atoms with E-state index in [2.05, 4.69) is 0 Å². The van der Waals surface area contributed by atoms with Crippen molar-refractivity contribution in [3.05, 3.63) is 29.3 Å². The van der Waals surface area contributed by atoms with Crippen molar-refractivity contribution in [3.63, 3.8) is 0 Å². The molecule has 124 valence electrons. The van der Waals surface area contributed by atoms with Gasteiger partial charge in [-0.1, -0.05) is 24.6 Å². The third-order valence-electron chi connectivity index (χ3n) is 5.10. The summed E-state index contributed by atoms with van der Waals surface area (Å²) in [7, 11) is 1.65. The Kier molecular flexibility index (Phi) is 4.39. The lowest BCUT2D eigenvalue weighted by Crippen LogP contribution is -2.45. The number of benzene rings is 1. The molecular formula is C18H24N2O3. The van der Waals surface area contributed by atoms with Crippen LogP contribution < -0.4 is 4.90 Å². The Morgan fingerprint density at radius 3 is 2.83 bits per heavy atom. The number of hydrogen-bond acceptors (Lipinski definition) is 3. The maximum absolute atomic E-state index is 12.6. The second kappa shape index (κ2) is 6.32. The minimum atomic E-state index is -0.486. The molecule has 1 heterocycles. The number of aryl methyl sites for hydroxylation is 1. The maximum atomic E-state index is 12.6. The van der Waals surface area contributed by atoms with E-state index in [4.69, 9.17) is 0 Å². The average molecular weight is 316 g/mol. The highest BCUT2D eigenvalue weighted by atomic mass is 16.3. The maximum Gasteiger partial charge on any atom is 0.316 e. The molecule has 3 rings (SSSR count). The molecule has 2 atom stereocenters. The van der Waals surface area contributed by atoms with Crippen molar-refractivity contribution in [2.75, 3.05) is 25.0 Å². The molecule has 2 unspecified atom stereocenters. The van der Waals surface area contributed by atoms with Crippen LogP contribution in [0.5, 0.6) is 0 Å². The Bertz CT molecular complexity index is 629. The summed E-state index contributed by atoms with van der Waals surface area (Å²) >= 11 is 0. The van der Waals surface area contributed by atoms with E-state index in [1.165, 1.54) is 4.90 Å². The first-order chi connectivity index (χ1) is 11.0. The highest BCUT2D eigenvalue weighted by Crippen LogP contribution is 2.32. The van der Waals surface area contributed by atoms with Gasteiger partial charge in [0.1, 0.15) is 0 Å². The van der Waals surface area contributed by atoms with Gasteiger partial charge in [-0.25, -0.2) is 0 Å². The topological polar surface area (TPSA) is 60.9 Å². The summed E-state index contributed by atoms with van der Waals surface area (Å²) in [6.07, 6.45) is 3.13. The molecule has 1 aromatic rings. The number of nitrogens with zero attached hydrogens (tertiary/aromatic N) is 2. The number of amides is 2. The van der Waals surface area contributed by atoms with E-state index in [1.54, 1.807) is 11.9 Å². The Morgan fingerprint density at radius 1 is 1.35 bits per heavy atom. The minimum absolute atomic E-state index is 0.0874. The largest absolute Gasteiger partial charge is 0.393 e. The molecule has 0 radical (unpaired) electrons. The van der Waals surface area contributed by atoms with Crippen LogP contribution in [0.3, 0.4) is 0 Å². The number of aliphatic hydroxyl groups excluding tert-OH is 1. The number of fused-ring (bicyclic) bond motifs is 1. The normalized spacial score (nSPS) is 23.0. The molecule has 0 saturated heterocycles. The molecule has 1 N–H and O–H groups in total. The molecule has 1 aromatic carbocycles. The molecule has 1 fully saturated rings. The number of hydrogen-bond donors (Lipinski definition) is 1. The highest BCUT2D eigenvalue weighted by Gasteiger charge is 2.34. The number of anilines is 1. The first-order valence-corrected chi connectivity index (χ1v) is 8.32. The average Bonchev–Trinajstić information content (AvgIpc) is 3.13. The van der Waals surface area contributed by atoms with E-state index < -0.39 is 11.8 Å². The lowest BCUT2D eigenvalue weighted by molar-refractivity contribution is -0.144. The summed E-state index contributed by atoms with van der Waals surface area (Å²) in [6.45, 7) is 2.97. The molecule has 0 spiro atoms. The first kappa shape index (κ1) is 16.0. The van der Waals surface area contributed by atoms with Crippen molar-refractivity contribution in [1.29, 1.82) is 0 Å². The lowest BCUT2D eigenvalue weighted by atomic mass is 10.1. The van der Waals surface area contributed by atoms with Crippen LogP contribution in [0, 0.1) is 12.8 Å². The summed E-state index contributed by atoms with van der Waals surface area (Å²) in [5.41, 5.74) is 3.04. The van der Waals surface area contributed by atoms with E-state index in [9.17, 15) is 14.7 Å². The molecule has 2 amide bonds. The highest BCUT2D eigenvalue weighted by molar-refractivity contribution is 6.40. The third kappa shape index (κ3) is 2.98. The summed E-state index contributed by atoms with van der Waals surface area (Å²) in [5.74, 6) is -0.863. The van der Waals surface area contributed by atoms with Crippen molar-refractivity contribution in [1.82, 2.24) is 4.90 Å². The summed E-state index contributed by atoms with van der Waals surface area (Å²) in [5, 5.41) is 9.90. The zero-order chi connectivity index (χ0) is 16.6. The Morgan fingerprint density at radius 2 is 2.13 bits per heavy atom. The van der Waals surface area contributed by atoms with Crippen molar-refractivity contribution >= 4 is 17.5 Å². The van der Waals surface area contributed by atoms with Crippen molar-refractivity contribution in [2.24, 2.45) is 5.92 Å². The molecule has 23 heavy (non-hydrogen) atoms. The molecule has 0 bridgehead atoms. The smallest absolute Gasteiger partial charge is 0.316 e. The van der Waals surface area contributed by atoms with E-state index in [-0.39, 0.29) is 12.0 Å². The standard InChI is InChI=1S/C18H24N2O3/c1-12-5-3-6-13-9-10-20(16(12)13)18(23)17(22)19(2)11-14-7-4-8-15(14)21/h3,5-6,14-15,21H,4,7-11H2,1-2H3. The minimum Gasteiger partial charge on any atom is -0.393 e. The van der Waals surface area contributed by atoms with E-state index in [0.717, 1.165) is 42.5 Å². The van der Waals surface area contributed by atoms with Crippen LogP contribution in [0.2, 0.25) is 0 Å². The number of aliphatic hydroxyl groups is 1. The van der Waals surface area contributed by atoms with Gasteiger partial charge in [0.15, 0.2) is 0 Å². The molecule has 1 aliphatic heterocycles. The number of rotatable bonds is 2. The van der Waals surface area contributed by atoms with Crippen molar-refractivity contribution in [2.45, 2.75) is 38.7 Å². The third-order valence-corrected chi connectivity index (χ3v) is 5.10. The van der Waals surface area contributed by atoms with Crippen molar-refractivity contribution < 1.29 is 14.7 Å². The number of para-hydroxylation sites is 1. The zero-order valence-corrected chi connectivity index (χ0v) is 13.8. The predicted octanol–water partition coefficient (Wildman–Crippen LogP) is 1.50. The van der Waals surface area contributed by atoms with Crippen LogP contribution in [0.4, 0.5) is 5.69 Å². The molecular weight excluding hydrogens is 292 g/mol. The summed E-state index contributed by atoms with van der Waals surface area (Å²) in [4.78, 5) is 28.2. The van der Waals surface area contributed by atoms with Crippen LogP contribution in [0.25, 0.3) is 0 Å². The molecule has 5 nitrogen and oxygen atoms in total. The van der Waals surface area contributed by atoms with E-state index in [1.807, 2.05) is 25.1 Å². The molecule has 1 aliphatic carbocycles. The van der Waals surface area contributed by atoms with Gasteiger partial charge in [-0.2, -0.15) is 0 Å². The summed E-state index contributed by atoms with van der Waals surface area (Å²) < 4.78 is 0. The van der Waals surface area contributed by atoms with Gasteiger partial charge in [0.25, 0.3) is 0 Å². The van der Waals surface area contributed by atoms with Crippen LogP contribution in [0.15, 0.2) is 18.2 Å². The fraction of sp³-hybridized carbons (Fsp3) is 0.556. The Labute approximate surface area is 136 Å². The van der Waals surface area contributed by atoms with Gasteiger partial charge < -0.3 is 14.9 Å². The van der Waals surface area contributed by atoms with Crippen molar-refractivity contribution in [3.8, 4) is 0 Å². The van der Waals surface area contributed by atoms with Crippen LogP contribution in [-0.2, 0) is 16.0 Å². The lowest BCUT2D eigenvalue weighted by Gasteiger charge is -2.25. The van der Waals surface area contributed by atoms with E-state index in [0.29, 0.717) is 13.1 Å². The fourth-order valence-electron chi connectivity index (χ4n) is 3.80. The predicted molar refractivity (Wildman–Crippen MR) is 88.2 cm³/mol. The van der Waals surface area contributed by atoms with Gasteiger partial charge in [-0.05, 0) is 37.3 Å². The SMILES string of the molecule is Cc1cccc2c1N(C(=O)C(=O)N(C)CC1CCCC1O)CC2. The van der Waals surface area contributed by atoms with Crippen LogP contribution in [-0.4, -0.2) is 48.1 Å². The summed E-state index contributed by atoms with van der Waals surface area (Å²) in [6, 6.07) is 5.96. The van der Waals surface area contributed by atoms with Gasteiger partial charge in [-0.15, -0.1) is 0 Å².